The molecule has 1 aliphatic rings. The Bertz CT molecular complexity index is 1420. The van der Waals surface area contributed by atoms with Gasteiger partial charge in [0.1, 0.15) is 5.82 Å². The molecule has 0 saturated carbocycles. The molecule has 1 unspecified atom stereocenters. The Kier molecular flexibility index (Phi) is 6.38. The van der Waals surface area contributed by atoms with Gasteiger partial charge in [-0.25, -0.2) is 9.18 Å². The predicted octanol–water partition coefficient (Wildman–Crippen LogP) is 6.44. The van der Waals surface area contributed by atoms with E-state index in [1.54, 1.807) is 17.0 Å². The van der Waals surface area contributed by atoms with Crippen molar-refractivity contribution in [2.75, 3.05) is 0 Å². The molecule has 4 aromatic rings. The van der Waals surface area contributed by atoms with Gasteiger partial charge in [0.15, 0.2) is 0 Å². The topological polar surface area (TPSA) is 71.3 Å². The van der Waals surface area contributed by atoms with E-state index in [1.165, 1.54) is 17.7 Å². The van der Waals surface area contributed by atoms with E-state index in [-0.39, 0.29) is 23.6 Å². The van der Waals surface area contributed by atoms with Crippen molar-refractivity contribution in [1.82, 2.24) is 20.4 Å². The van der Waals surface area contributed by atoms with Crippen LogP contribution in [0.2, 0.25) is 0 Å². The quantitative estimate of drug-likeness (QED) is 0.343. The third-order valence-electron chi connectivity index (χ3n) is 6.52. The minimum absolute atomic E-state index is 0.203. The van der Waals surface area contributed by atoms with Crippen LogP contribution in [0.15, 0.2) is 83.0 Å². The minimum atomic E-state index is -0.474. The zero-order valence-corrected chi connectivity index (χ0v) is 20.5. The summed E-state index contributed by atoms with van der Waals surface area (Å²) in [5, 5.41) is 7.23. The second-order valence-corrected chi connectivity index (χ2v) is 8.98. The third-order valence-corrected chi connectivity index (χ3v) is 6.52. The summed E-state index contributed by atoms with van der Waals surface area (Å²) in [5.74, 6) is 0.187. The van der Waals surface area contributed by atoms with E-state index in [2.05, 4.69) is 34.5 Å². The summed E-state index contributed by atoms with van der Waals surface area (Å²) in [6.45, 7) is 6.42. The maximum Gasteiger partial charge on any atom is 0.322 e. The molecule has 1 atom stereocenters. The maximum absolute atomic E-state index is 13.8. The average Bonchev–Trinajstić information content (AvgIpc) is 3.37. The third kappa shape index (κ3) is 4.64. The van der Waals surface area contributed by atoms with Crippen LogP contribution in [0.1, 0.15) is 48.0 Å². The van der Waals surface area contributed by atoms with E-state index < -0.39 is 6.04 Å². The van der Waals surface area contributed by atoms with Crippen LogP contribution >= 0.6 is 0 Å². The van der Waals surface area contributed by atoms with E-state index in [0.29, 0.717) is 17.7 Å². The molecule has 1 aromatic heterocycles. The molecule has 2 heterocycles. The summed E-state index contributed by atoms with van der Waals surface area (Å²) in [4.78, 5) is 19.6. The van der Waals surface area contributed by atoms with Gasteiger partial charge in [0, 0.05) is 11.3 Å². The van der Waals surface area contributed by atoms with Crippen molar-refractivity contribution >= 4 is 11.6 Å². The monoisotopic (exact) mass is 482 g/mol. The molecule has 1 aliphatic heterocycles. The normalized spacial score (nSPS) is 15.8. The Morgan fingerprint density at radius 2 is 1.72 bits per heavy atom. The van der Waals surface area contributed by atoms with Gasteiger partial charge < -0.3 is 9.84 Å². The van der Waals surface area contributed by atoms with Gasteiger partial charge in [0.25, 0.3) is 5.89 Å². The first-order chi connectivity index (χ1) is 17.4. The Morgan fingerprint density at radius 1 is 1.00 bits per heavy atom. The highest BCUT2D eigenvalue weighted by Crippen LogP contribution is 2.38. The van der Waals surface area contributed by atoms with Crippen molar-refractivity contribution in [3.05, 3.63) is 112 Å². The molecule has 6 nitrogen and oxygen atoms in total. The standard InChI is InChI=1S/C29H27FN4O2/c1-4-20-10-12-21(13-11-20)17-34-19(3)25(26(31-29(34)35)22-14-8-18(2)9-15-22)28-32-27(33-36-28)23-6-5-7-24(30)16-23/h5-16,26H,4,17H2,1-3H3,(H,31,35). The number of rotatable bonds is 6. The number of amides is 2. The number of nitrogens with one attached hydrogen (secondary N) is 1. The summed E-state index contributed by atoms with van der Waals surface area (Å²) >= 11 is 0. The van der Waals surface area contributed by atoms with Crippen LogP contribution in [0.3, 0.4) is 0 Å². The van der Waals surface area contributed by atoms with Crippen LogP contribution in [-0.2, 0) is 13.0 Å². The summed E-state index contributed by atoms with van der Waals surface area (Å²) < 4.78 is 19.5. The van der Waals surface area contributed by atoms with Gasteiger partial charge >= 0.3 is 6.03 Å². The predicted molar refractivity (Wildman–Crippen MR) is 136 cm³/mol. The van der Waals surface area contributed by atoms with Gasteiger partial charge in [0.2, 0.25) is 5.82 Å². The molecule has 0 fully saturated rings. The van der Waals surface area contributed by atoms with Gasteiger partial charge in [-0.2, -0.15) is 4.98 Å². The van der Waals surface area contributed by atoms with Crippen molar-refractivity contribution in [3.8, 4) is 11.4 Å². The highest BCUT2D eigenvalue weighted by Gasteiger charge is 2.35. The van der Waals surface area contributed by atoms with E-state index in [9.17, 15) is 9.18 Å². The number of halogens is 1. The zero-order chi connectivity index (χ0) is 25.2. The largest absolute Gasteiger partial charge is 0.334 e. The molecule has 36 heavy (non-hydrogen) atoms. The van der Waals surface area contributed by atoms with E-state index in [0.717, 1.165) is 28.8 Å². The van der Waals surface area contributed by atoms with Crippen LogP contribution < -0.4 is 5.32 Å². The first-order valence-corrected chi connectivity index (χ1v) is 12.0. The number of hydrogen-bond acceptors (Lipinski definition) is 4. The van der Waals surface area contributed by atoms with Crippen LogP contribution in [-0.4, -0.2) is 21.1 Å². The summed E-state index contributed by atoms with van der Waals surface area (Å²) in [5.41, 5.74) is 6.22. The highest BCUT2D eigenvalue weighted by atomic mass is 19.1. The number of aromatic nitrogens is 2. The van der Waals surface area contributed by atoms with Crippen molar-refractivity contribution < 1.29 is 13.7 Å². The van der Waals surface area contributed by atoms with Gasteiger partial charge in [-0.3, -0.25) is 4.90 Å². The Morgan fingerprint density at radius 3 is 2.42 bits per heavy atom. The molecule has 0 saturated heterocycles. The van der Waals surface area contributed by atoms with Gasteiger partial charge in [-0.15, -0.1) is 0 Å². The number of aryl methyl sites for hydroxylation is 2. The average molecular weight is 483 g/mol. The fourth-order valence-corrected chi connectivity index (χ4v) is 4.40. The summed E-state index contributed by atoms with van der Waals surface area (Å²) in [6, 6.07) is 21.6. The lowest BCUT2D eigenvalue weighted by Crippen LogP contribution is -2.45. The first kappa shape index (κ1) is 23.5. The van der Waals surface area contributed by atoms with Crippen LogP contribution in [0.25, 0.3) is 17.0 Å². The van der Waals surface area contributed by atoms with Crippen LogP contribution in [0, 0.1) is 12.7 Å². The Hall–Kier alpha value is -4.26. The number of hydrogen-bond donors (Lipinski definition) is 1. The molecule has 0 aliphatic carbocycles. The molecule has 182 valence electrons. The molecule has 5 rings (SSSR count). The fourth-order valence-electron chi connectivity index (χ4n) is 4.40. The fraction of sp³-hybridized carbons (Fsp3) is 0.207. The number of urea groups is 1. The van der Waals surface area contributed by atoms with Gasteiger partial charge in [-0.1, -0.05) is 78.3 Å². The van der Waals surface area contributed by atoms with E-state index >= 15 is 0 Å². The number of carbonyl (C=O) groups excluding carboxylic acids is 1. The number of allylic oxidation sites excluding steroid dienone is 1. The van der Waals surface area contributed by atoms with Crippen molar-refractivity contribution in [3.63, 3.8) is 0 Å². The molecular weight excluding hydrogens is 455 g/mol. The second kappa shape index (κ2) is 9.77. The molecule has 0 bridgehead atoms. The Labute approximate surface area is 209 Å². The minimum Gasteiger partial charge on any atom is -0.334 e. The lowest BCUT2D eigenvalue weighted by Gasteiger charge is -2.35. The zero-order valence-electron chi connectivity index (χ0n) is 20.5. The van der Waals surface area contributed by atoms with Crippen LogP contribution in [0.5, 0.6) is 0 Å². The van der Waals surface area contributed by atoms with Crippen molar-refractivity contribution in [2.24, 2.45) is 0 Å². The molecule has 3 aromatic carbocycles. The first-order valence-electron chi connectivity index (χ1n) is 12.0. The lowest BCUT2D eigenvalue weighted by molar-refractivity contribution is 0.203. The Balaban J connectivity index is 1.57. The molecule has 0 radical (unpaired) electrons. The van der Waals surface area contributed by atoms with E-state index in [1.807, 2.05) is 50.2 Å². The maximum atomic E-state index is 13.8. The highest BCUT2D eigenvalue weighted by molar-refractivity contribution is 5.86. The molecule has 1 N–H and O–H groups in total. The van der Waals surface area contributed by atoms with Crippen LogP contribution in [0.4, 0.5) is 9.18 Å². The molecule has 0 spiro atoms. The van der Waals surface area contributed by atoms with E-state index in [4.69, 9.17) is 4.52 Å². The molecule has 2 amide bonds. The number of benzene rings is 3. The summed E-state index contributed by atoms with van der Waals surface area (Å²) in [7, 11) is 0. The molecule has 7 heteroatoms. The van der Waals surface area contributed by atoms with Gasteiger partial charge in [0.05, 0.1) is 18.2 Å². The number of nitrogens with zero attached hydrogens (tertiary/aromatic N) is 3. The molecular formula is C29H27FN4O2. The number of carbonyl (C=O) groups is 1. The summed E-state index contributed by atoms with van der Waals surface area (Å²) in [6.07, 6.45) is 0.955. The van der Waals surface area contributed by atoms with Crippen molar-refractivity contribution in [1.29, 1.82) is 0 Å². The van der Waals surface area contributed by atoms with Gasteiger partial charge in [-0.05, 0) is 49.1 Å². The smallest absolute Gasteiger partial charge is 0.322 e. The lowest BCUT2D eigenvalue weighted by atomic mass is 9.94. The second-order valence-electron chi connectivity index (χ2n) is 8.98. The van der Waals surface area contributed by atoms with Crippen molar-refractivity contribution in [2.45, 2.75) is 39.8 Å². The SMILES string of the molecule is CCc1ccc(CN2C(=O)NC(c3ccc(C)cc3)C(c3nc(-c4cccc(F)c4)no3)=C2C)cc1.